The molecule has 0 spiro atoms. The number of nitrogens with zero attached hydrogens (tertiary/aromatic N) is 2. The summed E-state index contributed by atoms with van der Waals surface area (Å²) in [6.07, 6.45) is 1.52. The molecule has 0 unspecified atom stereocenters. The van der Waals surface area contributed by atoms with E-state index in [0.717, 1.165) is 0 Å². The molecule has 2 heterocycles. The summed E-state index contributed by atoms with van der Waals surface area (Å²) in [5, 5.41) is 0. The summed E-state index contributed by atoms with van der Waals surface area (Å²) in [6, 6.07) is 3.22. The molecule has 3 nitrogen and oxygen atoms in total. The summed E-state index contributed by atoms with van der Waals surface area (Å²) >= 11 is 0. The molecular weight excluding hydrogens is 176 g/mol. The predicted molar refractivity (Wildman–Crippen MR) is 45.8 cm³/mol. The van der Waals surface area contributed by atoms with E-state index in [-0.39, 0.29) is 13.1 Å². The summed E-state index contributed by atoms with van der Waals surface area (Å²) in [6.45, 7) is -0.521. The van der Waals surface area contributed by atoms with Gasteiger partial charge in [0.15, 0.2) is 0 Å². The van der Waals surface area contributed by atoms with Crippen molar-refractivity contribution in [3.63, 3.8) is 0 Å². The van der Waals surface area contributed by atoms with Crippen molar-refractivity contribution in [1.29, 1.82) is 0 Å². The third-order valence-corrected chi connectivity index (χ3v) is 1.94. The second-order valence-electron chi connectivity index (χ2n) is 3.16. The van der Waals surface area contributed by atoms with Crippen LogP contribution >= 0.6 is 0 Å². The molecule has 1 aliphatic rings. The Balaban J connectivity index is 2.11. The Morgan fingerprint density at radius 2 is 2.15 bits per heavy atom. The molecule has 1 aliphatic heterocycles. The summed E-state index contributed by atoms with van der Waals surface area (Å²) in [5.41, 5.74) is 6.03. The highest BCUT2D eigenvalue weighted by Gasteiger charge is 2.44. The van der Waals surface area contributed by atoms with E-state index in [2.05, 4.69) is 4.98 Å². The smallest absolute Gasteiger partial charge is 0.282 e. The van der Waals surface area contributed by atoms with E-state index in [9.17, 15) is 8.78 Å². The first kappa shape index (κ1) is 8.22. The van der Waals surface area contributed by atoms with E-state index in [1.54, 1.807) is 12.1 Å². The van der Waals surface area contributed by atoms with Crippen LogP contribution in [0.2, 0.25) is 0 Å². The SMILES string of the molecule is Nc1ccnc(N2CC(F)(F)C2)c1. The van der Waals surface area contributed by atoms with Crippen molar-refractivity contribution in [1.82, 2.24) is 4.98 Å². The molecule has 70 valence electrons. The van der Waals surface area contributed by atoms with E-state index in [1.807, 2.05) is 0 Å². The highest BCUT2D eigenvalue weighted by molar-refractivity contribution is 5.52. The van der Waals surface area contributed by atoms with Gasteiger partial charge in [-0.3, -0.25) is 0 Å². The number of alkyl halides is 2. The van der Waals surface area contributed by atoms with Gasteiger partial charge < -0.3 is 10.6 Å². The zero-order valence-electron chi connectivity index (χ0n) is 6.87. The third kappa shape index (κ3) is 1.54. The number of hydrogen-bond acceptors (Lipinski definition) is 3. The second-order valence-corrected chi connectivity index (χ2v) is 3.16. The number of pyridine rings is 1. The number of nitrogens with two attached hydrogens (primary N) is 1. The normalized spacial score (nSPS) is 19.7. The lowest BCUT2D eigenvalue weighted by molar-refractivity contribution is -0.0266. The number of rotatable bonds is 1. The number of aromatic nitrogens is 1. The maximum atomic E-state index is 12.5. The minimum Gasteiger partial charge on any atom is -0.399 e. The van der Waals surface area contributed by atoms with Gasteiger partial charge in [0.05, 0.1) is 13.1 Å². The second kappa shape index (κ2) is 2.55. The molecule has 0 radical (unpaired) electrons. The van der Waals surface area contributed by atoms with Gasteiger partial charge in [0.2, 0.25) is 0 Å². The van der Waals surface area contributed by atoms with Crippen LogP contribution < -0.4 is 10.6 Å². The standard InChI is InChI=1S/C8H9F2N3/c9-8(10)4-13(5-8)7-3-6(11)1-2-12-7/h1-3H,4-5H2,(H2,11,12). The molecule has 5 heteroatoms. The van der Waals surface area contributed by atoms with Crippen molar-refractivity contribution in [3.05, 3.63) is 18.3 Å². The lowest BCUT2D eigenvalue weighted by atomic mass is 10.1. The van der Waals surface area contributed by atoms with Crippen molar-refractivity contribution in [2.45, 2.75) is 5.92 Å². The van der Waals surface area contributed by atoms with Crippen LogP contribution in [0.1, 0.15) is 0 Å². The Morgan fingerprint density at radius 1 is 1.46 bits per heavy atom. The first-order chi connectivity index (χ1) is 6.07. The number of halogens is 2. The van der Waals surface area contributed by atoms with Crippen LogP contribution in [0, 0.1) is 0 Å². The van der Waals surface area contributed by atoms with Gasteiger partial charge in [-0.05, 0) is 6.07 Å². The zero-order chi connectivity index (χ0) is 9.47. The fourth-order valence-corrected chi connectivity index (χ4v) is 1.28. The molecule has 0 aliphatic carbocycles. The molecule has 2 rings (SSSR count). The van der Waals surface area contributed by atoms with E-state index in [0.29, 0.717) is 11.5 Å². The van der Waals surface area contributed by atoms with Gasteiger partial charge in [-0.25, -0.2) is 13.8 Å². The molecule has 0 atom stereocenters. The number of anilines is 2. The molecule has 1 fully saturated rings. The summed E-state index contributed by atoms with van der Waals surface area (Å²) in [4.78, 5) is 5.44. The zero-order valence-corrected chi connectivity index (χ0v) is 6.87. The topological polar surface area (TPSA) is 42.1 Å². The Labute approximate surface area is 74.2 Å². The Bertz CT molecular complexity index is 319. The average Bonchev–Trinajstić information content (AvgIpc) is 2.00. The molecule has 0 saturated carbocycles. The van der Waals surface area contributed by atoms with Crippen LogP contribution in [-0.4, -0.2) is 24.0 Å². The van der Waals surface area contributed by atoms with Crippen molar-refractivity contribution < 1.29 is 8.78 Å². The van der Waals surface area contributed by atoms with Crippen LogP contribution in [-0.2, 0) is 0 Å². The van der Waals surface area contributed by atoms with Crippen LogP contribution in [0.15, 0.2) is 18.3 Å². The van der Waals surface area contributed by atoms with Crippen molar-refractivity contribution in [2.24, 2.45) is 0 Å². The van der Waals surface area contributed by atoms with Gasteiger partial charge in [-0.1, -0.05) is 0 Å². The lowest BCUT2D eigenvalue weighted by Gasteiger charge is -2.39. The van der Waals surface area contributed by atoms with Gasteiger partial charge in [0, 0.05) is 18.0 Å². The molecule has 2 N–H and O–H groups in total. The van der Waals surface area contributed by atoms with Crippen LogP contribution in [0.3, 0.4) is 0 Å². The predicted octanol–water partition coefficient (Wildman–Crippen LogP) is 1.12. The van der Waals surface area contributed by atoms with Crippen molar-refractivity contribution in [2.75, 3.05) is 23.7 Å². The van der Waals surface area contributed by atoms with Crippen LogP contribution in [0.5, 0.6) is 0 Å². The third-order valence-electron chi connectivity index (χ3n) is 1.94. The van der Waals surface area contributed by atoms with E-state index in [1.165, 1.54) is 11.1 Å². The van der Waals surface area contributed by atoms with Crippen LogP contribution in [0.4, 0.5) is 20.3 Å². The fraction of sp³-hybridized carbons (Fsp3) is 0.375. The highest BCUT2D eigenvalue weighted by atomic mass is 19.3. The fourth-order valence-electron chi connectivity index (χ4n) is 1.28. The Kier molecular flexibility index (Phi) is 1.61. The molecule has 0 amide bonds. The molecule has 0 aromatic carbocycles. The van der Waals surface area contributed by atoms with Gasteiger partial charge >= 0.3 is 0 Å². The number of hydrogen-bond donors (Lipinski definition) is 1. The van der Waals surface area contributed by atoms with Gasteiger partial charge in [0.25, 0.3) is 5.92 Å². The van der Waals surface area contributed by atoms with Crippen LogP contribution in [0.25, 0.3) is 0 Å². The van der Waals surface area contributed by atoms with E-state index < -0.39 is 5.92 Å². The summed E-state index contributed by atoms with van der Waals surface area (Å²) < 4.78 is 24.9. The quantitative estimate of drug-likeness (QED) is 0.712. The van der Waals surface area contributed by atoms with Gasteiger partial charge in [0.1, 0.15) is 5.82 Å². The Hall–Kier alpha value is -1.39. The van der Waals surface area contributed by atoms with Crippen molar-refractivity contribution >= 4 is 11.5 Å². The first-order valence-electron chi connectivity index (χ1n) is 3.91. The summed E-state index contributed by atoms with van der Waals surface area (Å²) in [5.74, 6) is -2.04. The largest absolute Gasteiger partial charge is 0.399 e. The molecule has 13 heavy (non-hydrogen) atoms. The monoisotopic (exact) mass is 185 g/mol. The first-order valence-corrected chi connectivity index (χ1v) is 3.91. The maximum absolute atomic E-state index is 12.5. The van der Waals surface area contributed by atoms with Gasteiger partial charge in [-0.2, -0.15) is 0 Å². The molecule has 1 aromatic heterocycles. The molecule has 0 bridgehead atoms. The summed E-state index contributed by atoms with van der Waals surface area (Å²) in [7, 11) is 0. The van der Waals surface area contributed by atoms with Gasteiger partial charge in [-0.15, -0.1) is 0 Å². The number of nitrogen functional groups attached to an aromatic ring is 1. The molecule has 1 aromatic rings. The molecule has 1 saturated heterocycles. The average molecular weight is 185 g/mol. The lowest BCUT2D eigenvalue weighted by Crippen LogP contribution is -2.56. The maximum Gasteiger partial charge on any atom is 0.282 e. The minimum atomic E-state index is -2.56. The highest BCUT2D eigenvalue weighted by Crippen LogP contribution is 2.30. The van der Waals surface area contributed by atoms with Crippen molar-refractivity contribution in [3.8, 4) is 0 Å². The minimum absolute atomic E-state index is 0.260. The van der Waals surface area contributed by atoms with E-state index in [4.69, 9.17) is 5.73 Å². The van der Waals surface area contributed by atoms with E-state index >= 15 is 0 Å². The Morgan fingerprint density at radius 3 is 2.69 bits per heavy atom. The molecular formula is C8H9F2N3.